The van der Waals surface area contributed by atoms with Crippen LogP contribution < -0.4 is 5.32 Å². The number of amides is 3. The minimum absolute atomic E-state index is 0.00816. The third-order valence-electron chi connectivity index (χ3n) is 7.57. The highest BCUT2D eigenvalue weighted by Crippen LogP contribution is 2.69. The first-order chi connectivity index (χ1) is 16.9. The molecule has 1 N–H and O–H groups in total. The van der Waals surface area contributed by atoms with Crippen LogP contribution in [0.15, 0.2) is 78.9 Å². The second kappa shape index (κ2) is 7.94. The Morgan fingerprint density at radius 1 is 0.743 bits per heavy atom. The first kappa shape index (κ1) is 22.3. The van der Waals surface area contributed by atoms with Crippen molar-refractivity contribution < 1.29 is 14.4 Å². The van der Waals surface area contributed by atoms with E-state index >= 15 is 0 Å². The van der Waals surface area contributed by atoms with Gasteiger partial charge in [-0.2, -0.15) is 0 Å². The quantitative estimate of drug-likeness (QED) is 0.416. The van der Waals surface area contributed by atoms with E-state index in [1.807, 2.05) is 78.9 Å². The highest BCUT2D eigenvalue weighted by Gasteiger charge is 2.72. The van der Waals surface area contributed by atoms with Crippen molar-refractivity contribution in [1.29, 1.82) is 0 Å². The molecule has 4 aliphatic rings. The summed E-state index contributed by atoms with van der Waals surface area (Å²) in [6.07, 6.45) is 0.00816. The molecule has 1 aliphatic heterocycles. The number of nitrogens with zero attached hydrogens (tertiary/aromatic N) is 1. The van der Waals surface area contributed by atoms with Crippen molar-refractivity contribution in [1.82, 2.24) is 10.2 Å². The molecule has 5 nitrogen and oxygen atoms in total. The SMILES string of the molecule is O=C(CCN1C(=O)[C@@H]2[C@H](C1=O)C1(Cl)c3ccccc3C2(Cl)c2ccccc21)NCc1ccccc1. The number of imide groups is 1. The van der Waals surface area contributed by atoms with Crippen molar-refractivity contribution >= 4 is 40.9 Å². The van der Waals surface area contributed by atoms with Crippen molar-refractivity contribution in [3.05, 3.63) is 107 Å². The summed E-state index contributed by atoms with van der Waals surface area (Å²) in [4.78, 5) is 38.7. The monoisotopic (exact) mass is 504 g/mol. The summed E-state index contributed by atoms with van der Waals surface area (Å²) in [6.45, 7) is 0.366. The Morgan fingerprint density at radius 3 is 1.63 bits per heavy atom. The van der Waals surface area contributed by atoms with E-state index in [4.69, 9.17) is 23.2 Å². The number of rotatable bonds is 5. The molecule has 1 heterocycles. The van der Waals surface area contributed by atoms with Gasteiger partial charge < -0.3 is 5.32 Å². The van der Waals surface area contributed by atoms with Gasteiger partial charge in [0.1, 0.15) is 9.75 Å². The van der Waals surface area contributed by atoms with Crippen LogP contribution in [-0.2, 0) is 30.7 Å². The number of nitrogens with one attached hydrogen (secondary N) is 1. The number of hydrogen-bond donors (Lipinski definition) is 1. The van der Waals surface area contributed by atoms with Gasteiger partial charge in [0.15, 0.2) is 0 Å². The Labute approximate surface area is 213 Å². The van der Waals surface area contributed by atoms with Gasteiger partial charge in [-0.1, -0.05) is 78.9 Å². The summed E-state index contributed by atoms with van der Waals surface area (Å²) < 4.78 is 0. The zero-order valence-electron chi connectivity index (χ0n) is 18.7. The Morgan fingerprint density at radius 2 is 1.17 bits per heavy atom. The predicted molar refractivity (Wildman–Crippen MR) is 133 cm³/mol. The van der Waals surface area contributed by atoms with Gasteiger partial charge >= 0.3 is 0 Å². The number of likely N-dealkylation sites (tertiary alicyclic amines) is 1. The summed E-state index contributed by atoms with van der Waals surface area (Å²) in [6, 6.07) is 24.6. The zero-order valence-corrected chi connectivity index (χ0v) is 20.2. The van der Waals surface area contributed by atoms with E-state index in [0.29, 0.717) is 6.54 Å². The lowest BCUT2D eigenvalue weighted by Gasteiger charge is -2.54. The van der Waals surface area contributed by atoms with Crippen molar-refractivity contribution in [2.75, 3.05) is 6.54 Å². The number of halogens is 2. The van der Waals surface area contributed by atoms with Crippen LogP contribution in [0.3, 0.4) is 0 Å². The van der Waals surface area contributed by atoms with E-state index in [1.165, 1.54) is 4.90 Å². The van der Waals surface area contributed by atoms with Crippen LogP contribution in [0.25, 0.3) is 0 Å². The molecule has 7 rings (SSSR count). The highest BCUT2D eigenvalue weighted by molar-refractivity contribution is 6.36. The average molecular weight is 505 g/mol. The van der Waals surface area contributed by atoms with Crippen LogP contribution in [0.5, 0.6) is 0 Å². The molecule has 0 radical (unpaired) electrons. The fourth-order valence-corrected chi connectivity index (χ4v) is 7.14. The minimum atomic E-state index is -1.20. The van der Waals surface area contributed by atoms with Crippen LogP contribution in [0.4, 0.5) is 0 Å². The van der Waals surface area contributed by atoms with E-state index in [1.54, 1.807) is 0 Å². The van der Waals surface area contributed by atoms with Gasteiger partial charge in [-0.25, -0.2) is 0 Å². The lowest BCUT2D eigenvalue weighted by Crippen LogP contribution is -2.57. The van der Waals surface area contributed by atoms with Crippen molar-refractivity contribution in [3.8, 4) is 0 Å². The molecule has 0 spiro atoms. The van der Waals surface area contributed by atoms with Gasteiger partial charge in [0, 0.05) is 19.5 Å². The molecule has 1 saturated heterocycles. The van der Waals surface area contributed by atoms with Crippen LogP contribution in [0, 0.1) is 11.8 Å². The van der Waals surface area contributed by atoms with Gasteiger partial charge in [-0.3, -0.25) is 19.3 Å². The standard InChI is InChI=1S/C28H22Cl2N2O3/c29-27-18-10-4-5-11-19(18)28(30,21-13-7-6-12-20(21)27)24-23(27)25(34)32(26(24)35)15-14-22(33)31-16-17-8-2-1-3-9-17/h1-13,23-24H,14-16H2,(H,31,33)/t23-,24+,27?,28?. The van der Waals surface area contributed by atoms with E-state index in [9.17, 15) is 14.4 Å². The Bertz CT molecular complexity index is 1250. The van der Waals surface area contributed by atoms with Gasteiger partial charge in [0.2, 0.25) is 17.7 Å². The molecule has 7 heteroatoms. The number of hydrogen-bond acceptors (Lipinski definition) is 3. The van der Waals surface area contributed by atoms with E-state index in [-0.39, 0.29) is 30.7 Å². The molecule has 3 aromatic rings. The second-order valence-electron chi connectivity index (χ2n) is 9.31. The molecule has 0 saturated carbocycles. The molecule has 0 aromatic heterocycles. The molecular formula is C28H22Cl2N2O3. The summed E-state index contributed by atoms with van der Waals surface area (Å²) in [5, 5.41) is 2.85. The fourth-order valence-electron chi connectivity index (χ4n) is 6.04. The zero-order chi connectivity index (χ0) is 24.4. The van der Waals surface area contributed by atoms with Crippen LogP contribution in [0.2, 0.25) is 0 Å². The van der Waals surface area contributed by atoms with Crippen molar-refractivity contribution in [2.45, 2.75) is 22.7 Å². The number of benzene rings is 3. The summed E-state index contributed by atoms with van der Waals surface area (Å²) in [5.74, 6) is -2.67. The largest absolute Gasteiger partial charge is 0.352 e. The molecule has 2 bridgehead atoms. The maximum Gasteiger partial charge on any atom is 0.235 e. The summed E-state index contributed by atoms with van der Waals surface area (Å²) in [7, 11) is 0. The summed E-state index contributed by atoms with van der Waals surface area (Å²) in [5.41, 5.74) is 4.03. The third kappa shape index (κ3) is 2.98. The maximum absolute atomic E-state index is 13.7. The molecular weight excluding hydrogens is 483 g/mol. The molecule has 35 heavy (non-hydrogen) atoms. The van der Waals surface area contributed by atoms with Crippen LogP contribution in [0.1, 0.15) is 34.2 Å². The van der Waals surface area contributed by atoms with Crippen molar-refractivity contribution in [2.24, 2.45) is 11.8 Å². The maximum atomic E-state index is 13.7. The molecule has 3 aromatic carbocycles. The predicted octanol–water partition coefficient (Wildman–Crippen LogP) is 4.29. The van der Waals surface area contributed by atoms with Crippen LogP contribution >= 0.6 is 23.2 Å². The average Bonchev–Trinajstić information content (AvgIpc) is 3.15. The van der Waals surface area contributed by atoms with Gasteiger partial charge in [0.05, 0.1) is 11.8 Å². The Hall–Kier alpha value is -3.15. The van der Waals surface area contributed by atoms with E-state index in [2.05, 4.69) is 5.32 Å². The molecule has 3 amide bonds. The Kier molecular flexibility index (Phi) is 5.06. The second-order valence-corrected chi connectivity index (χ2v) is 10.5. The third-order valence-corrected chi connectivity index (χ3v) is 8.86. The summed E-state index contributed by atoms with van der Waals surface area (Å²) >= 11 is 14.8. The first-order valence-electron chi connectivity index (χ1n) is 11.6. The number of carbonyl (C=O) groups is 3. The van der Waals surface area contributed by atoms with E-state index in [0.717, 1.165) is 27.8 Å². The molecule has 176 valence electrons. The Balaban J connectivity index is 1.31. The van der Waals surface area contributed by atoms with E-state index < -0.39 is 21.6 Å². The van der Waals surface area contributed by atoms with Gasteiger partial charge in [-0.15, -0.1) is 23.2 Å². The number of carbonyl (C=O) groups excluding carboxylic acids is 3. The fraction of sp³-hybridized carbons (Fsp3) is 0.250. The smallest absolute Gasteiger partial charge is 0.235 e. The first-order valence-corrected chi connectivity index (χ1v) is 12.4. The molecule has 2 atom stereocenters. The molecule has 1 fully saturated rings. The lowest BCUT2D eigenvalue weighted by molar-refractivity contribution is -0.140. The van der Waals surface area contributed by atoms with Gasteiger partial charge in [0.25, 0.3) is 0 Å². The van der Waals surface area contributed by atoms with Crippen LogP contribution in [-0.4, -0.2) is 29.2 Å². The minimum Gasteiger partial charge on any atom is -0.352 e. The highest BCUT2D eigenvalue weighted by atomic mass is 35.5. The van der Waals surface area contributed by atoms with Gasteiger partial charge in [-0.05, 0) is 27.8 Å². The van der Waals surface area contributed by atoms with Crippen molar-refractivity contribution in [3.63, 3.8) is 0 Å². The lowest BCUT2D eigenvalue weighted by atomic mass is 9.54. The number of alkyl halides is 2. The molecule has 0 unspecified atom stereocenters. The topological polar surface area (TPSA) is 66.5 Å². The molecule has 3 aliphatic carbocycles. The normalized spacial score (nSPS) is 27.9.